The van der Waals surface area contributed by atoms with Gasteiger partial charge in [0.15, 0.2) is 17.5 Å². The molecule has 0 saturated heterocycles. The van der Waals surface area contributed by atoms with Gasteiger partial charge in [0, 0.05) is 69.5 Å². The highest BCUT2D eigenvalue weighted by molar-refractivity contribution is 7.25. The van der Waals surface area contributed by atoms with Crippen molar-refractivity contribution < 1.29 is 8.83 Å². The third kappa shape index (κ3) is 6.04. The number of furan rings is 2. The molecular formula is C61H35N3O2S. The van der Waals surface area contributed by atoms with E-state index in [-0.39, 0.29) is 0 Å². The SMILES string of the molecule is c1ccc(-c2ccc(-c3nc(-c4cc(-c5ccc(-c6cccc7c6oc6ccccc67)c6oc7ccccc7c56)c5ccccc5c4)nc(-c4cccc5sc6ccccc6c45)n3)cc2)cc1. The van der Waals surface area contributed by atoms with Crippen molar-refractivity contribution in [3.8, 4) is 67.5 Å². The monoisotopic (exact) mass is 873 g/mol. The maximum Gasteiger partial charge on any atom is 0.164 e. The number of aromatic nitrogens is 3. The second-order valence-electron chi connectivity index (χ2n) is 17.0. The molecular weight excluding hydrogens is 839 g/mol. The van der Waals surface area contributed by atoms with Gasteiger partial charge >= 0.3 is 0 Å². The summed E-state index contributed by atoms with van der Waals surface area (Å²) in [5.74, 6) is 1.83. The Kier molecular flexibility index (Phi) is 8.38. The Labute approximate surface area is 387 Å². The summed E-state index contributed by atoms with van der Waals surface area (Å²) in [5.41, 5.74) is 12.5. The Bertz CT molecular complexity index is 4280. The summed E-state index contributed by atoms with van der Waals surface area (Å²) >= 11 is 1.79. The zero-order valence-corrected chi connectivity index (χ0v) is 36.6. The highest BCUT2D eigenvalue weighted by Gasteiger charge is 2.23. The quantitative estimate of drug-likeness (QED) is 0.167. The van der Waals surface area contributed by atoms with Crippen LogP contribution in [0.25, 0.3) is 142 Å². The molecule has 312 valence electrons. The van der Waals surface area contributed by atoms with Crippen LogP contribution in [-0.2, 0) is 0 Å². The predicted octanol–water partition coefficient (Wildman–Crippen LogP) is 17.2. The van der Waals surface area contributed by atoms with Crippen molar-refractivity contribution >= 4 is 86.2 Å². The van der Waals surface area contributed by atoms with Crippen LogP contribution in [0, 0.1) is 0 Å². The van der Waals surface area contributed by atoms with Crippen LogP contribution in [-0.4, -0.2) is 15.0 Å². The molecule has 0 radical (unpaired) electrons. The van der Waals surface area contributed by atoms with Gasteiger partial charge in [-0.25, -0.2) is 15.0 Å². The summed E-state index contributed by atoms with van der Waals surface area (Å²) in [6.07, 6.45) is 0. The van der Waals surface area contributed by atoms with Gasteiger partial charge in [-0.2, -0.15) is 0 Å². The van der Waals surface area contributed by atoms with Crippen molar-refractivity contribution in [2.45, 2.75) is 0 Å². The van der Waals surface area contributed by atoms with Gasteiger partial charge in [0.1, 0.15) is 22.3 Å². The van der Waals surface area contributed by atoms with Crippen molar-refractivity contribution in [1.82, 2.24) is 15.0 Å². The van der Waals surface area contributed by atoms with Gasteiger partial charge in [-0.05, 0) is 75.5 Å². The number of nitrogens with zero attached hydrogens (tertiary/aromatic N) is 3. The van der Waals surface area contributed by atoms with Crippen molar-refractivity contribution in [1.29, 1.82) is 0 Å². The third-order valence-corrected chi connectivity index (χ3v) is 14.3. The normalized spacial score (nSPS) is 11.9. The lowest BCUT2D eigenvalue weighted by Gasteiger charge is -2.14. The van der Waals surface area contributed by atoms with E-state index in [0.29, 0.717) is 17.5 Å². The standard InChI is InChI=1S/C61H35N3O2S/c1-2-14-36(15-3-1)37-28-30-38(31-29-37)59-62-60(64-61(63-59)49-23-13-27-54-55(49)48-20-8-11-26-53(48)67-54)40-34-39-16-4-5-17-41(39)50(35-40)43-32-33-46(58-56(43)47-19-7-10-25-52(47)66-58)45-22-12-21-44-42-18-6-9-24-51(42)65-57(44)45/h1-35H. The van der Waals surface area contributed by atoms with Crippen LogP contribution < -0.4 is 0 Å². The summed E-state index contributed by atoms with van der Waals surface area (Å²) in [7, 11) is 0. The topological polar surface area (TPSA) is 65.0 Å². The average Bonchev–Trinajstić information content (AvgIpc) is 4.10. The second kappa shape index (κ2) is 14.9. The maximum atomic E-state index is 6.90. The van der Waals surface area contributed by atoms with Gasteiger partial charge < -0.3 is 8.83 Å². The molecule has 14 rings (SSSR count). The van der Waals surface area contributed by atoms with E-state index >= 15 is 0 Å². The number of thiophene rings is 1. The van der Waals surface area contributed by atoms with Crippen LogP contribution in [0.1, 0.15) is 0 Å². The van der Waals surface area contributed by atoms with E-state index in [0.717, 1.165) is 110 Å². The summed E-state index contributed by atoms with van der Waals surface area (Å²) in [6.45, 7) is 0. The van der Waals surface area contributed by atoms with E-state index in [2.05, 4.69) is 188 Å². The molecule has 0 unspecified atom stereocenters. The second-order valence-corrected chi connectivity index (χ2v) is 18.1. The lowest BCUT2D eigenvalue weighted by Crippen LogP contribution is -2.01. The lowest BCUT2D eigenvalue weighted by molar-refractivity contribution is 0.665. The van der Waals surface area contributed by atoms with Gasteiger partial charge in [0.2, 0.25) is 0 Å². The smallest absolute Gasteiger partial charge is 0.164 e. The van der Waals surface area contributed by atoms with Crippen molar-refractivity contribution in [2.24, 2.45) is 0 Å². The highest BCUT2D eigenvalue weighted by atomic mass is 32.1. The number of para-hydroxylation sites is 3. The van der Waals surface area contributed by atoms with Crippen molar-refractivity contribution in [3.63, 3.8) is 0 Å². The lowest BCUT2D eigenvalue weighted by atomic mass is 9.90. The first-order valence-corrected chi connectivity index (χ1v) is 23.2. The van der Waals surface area contributed by atoms with Gasteiger partial charge in [0.25, 0.3) is 0 Å². The zero-order valence-electron chi connectivity index (χ0n) is 35.8. The van der Waals surface area contributed by atoms with E-state index in [9.17, 15) is 0 Å². The molecule has 0 aliphatic carbocycles. The summed E-state index contributed by atoms with van der Waals surface area (Å²) in [5, 5.41) is 8.78. The molecule has 14 aromatic rings. The largest absolute Gasteiger partial charge is 0.455 e. The first-order chi connectivity index (χ1) is 33.2. The first kappa shape index (κ1) is 37.6. The molecule has 4 heterocycles. The van der Waals surface area contributed by atoms with Crippen LogP contribution >= 0.6 is 11.3 Å². The minimum absolute atomic E-state index is 0.595. The molecule has 10 aromatic carbocycles. The fourth-order valence-electron chi connectivity index (χ4n) is 10.0. The Morgan fingerprint density at radius 2 is 0.866 bits per heavy atom. The molecule has 0 aliphatic heterocycles. The molecule has 4 aromatic heterocycles. The number of benzene rings is 10. The molecule has 0 spiro atoms. The van der Waals surface area contributed by atoms with E-state index in [1.165, 1.54) is 14.8 Å². The Morgan fingerprint density at radius 1 is 0.299 bits per heavy atom. The van der Waals surface area contributed by atoms with E-state index in [1.54, 1.807) is 11.3 Å². The number of fused-ring (bicyclic) bond motifs is 10. The van der Waals surface area contributed by atoms with E-state index < -0.39 is 0 Å². The average molecular weight is 874 g/mol. The maximum absolute atomic E-state index is 6.90. The molecule has 0 saturated carbocycles. The number of hydrogen-bond donors (Lipinski definition) is 0. The van der Waals surface area contributed by atoms with Gasteiger partial charge in [-0.15, -0.1) is 11.3 Å². The van der Waals surface area contributed by atoms with Crippen LogP contribution in [0.5, 0.6) is 0 Å². The van der Waals surface area contributed by atoms with E-state index in [1.807, 2.05) is 24.3 Å². The molecule has 0 amide bonds. The molecule has 0 bridgehead atoms. The van der Waals surface area contributed by atoms with Crippen molar-refractivity contribution in [2.75, 3.05) is 0 Å². The molecule has 0 aliphatic rings. The Balaban J connectivity index is 1.00. The minimum atomic E-state index is 0.595. The first-order valence-electron chi connectivity index (χ1n) is 22.4. The van der Waals surface area contributed by atoms with Gasteiger partial charge in [0.05, 0.1) is 0 Å². The molecule has 0 atom stereocenters. The third-order valence-electron chi connectivity index (χ3n) is 13.2. The summed E-state index contributed by atoms with van der Waals surface area (Å²) in [4.78, 5) is 16.0. The molecule has 0 fully saturated rings. The van der Waals surface area contributed by atoms with Crippen LogP contribution in [0.4, 0.5) is 0 Å². The van der Waals surface area contributed by atoms with Gasteiger partial charge in [-0.3, -0.25) is 0 Å². The number of hydrogen-bond acceptors (Lipinski definition) is 6. The van der Waals surface area contributed by atoms with Crippen LogP contribution in [0.3, 0.4) is 0 Å². The van der Waals surface area contributed by atoms with Crippen LogP contribution in [0.2, 0.25) is 0 Å². The fourth-order valence-corrected chi connectivity index (χ4v) is 11.2. The fraction of sp³-hybridized carbons (Fsp3) is 0. The molecule has 6 heteroatoms. The van der Waals surface area contributed by atoms with Gasteiger partial charge in [-0.1, -0.05) is 170 Å². The Morgan fingerprint density at radius 3 is 1.72 bits per heavy atom. The summed E-state index contributed by atoms with van der Waals surface area (Å²) in [6, 6.07) is 74.4. The highest BCUT2D eigenvalue weighted by Crippen LogP contribution is 2.47. The predicted molar refractivity (Wildman–Crippen MR) is 277 cm³/mol. The zero-order chi connectivity index (χ0) is 44.0. The van der Waals surface area contributed by atoms with Crippen molar-refractivity contribution in [3.05, 3.63) is 212 Å². The van der Waals surface area contributed by atoms with Crippen LogP contribution in [0.15, 0.2) is 221 Å². The van der Waals surface area contributed by atoms with E-state index in [4.69, 9.17) is 23.8 Å². The molecule has 0 N–H and O–H groups in total. The molecule has 67 heavy (non-hydrogen) atoms. The minimum Gasteiger partial charge on any atom is -0.455 e. The molecule has 5 nitrogen and oxygen atoms in total. The number of rotatable bonds is 6. The Hall–Kier alpha value is -8.71. The summed E-state index contributed by atoms with van der Waals surface area (Å²) < 4.78 is 15.9.